The lowest BCUT2D eigenvalue weighted by molar-refractivity contribution is 0.444. The highest BCUT2D eigenvalue weighted by Gasteiger charge is 2.28. The molecule has 0 amide bonds. The minimum absolute atomic E-state index is 0.0206. The van der Waals surface area contributed by atoms with Gasteiger partial charge in [-0.25, -0.2) is 30.5 Å². The first kappa shape index (κ1) is 14.4. The molecule has 0 saturated carbocycles. The normalized spacial score (nSPS) is 19.8. The number of aryl methyl sites for hydroxylation is 1. The van der Waals surface area contributed by atoms with Gasteiger partial charge in [0.2, 0.25) is 10.0 Å². The molecule has 0 radical (unpaired) electrons. The quantitative estimate of drug-likeness (QED) is 0.681. The van der Waals surface area contributed by atoms with Gasteiger partial charge in [-0.3, -0.25) is 0 Å². The lowest BCUT2D eigenvalue weighted by atomic mass is 10.5. The number of hydrogen-bond donors (Lipinski definition) is 1. The Balaban J connectivity index is 1.95. The first-order valence-corrected chi connectivity index (χ1v) is 8.74. The monoisotopic (exact) mass is 309 g/mol. The molecule has 0 bridgehead atoms. The molecule has 2 heterocycles. The zero-order chi connectivity index (χ0) is 14.1. The fraction of sp³-hybridized carbons (Fsp3) is 0.750. The number of nitrogens with one attached hydrogen (secondary N) is 1. The lowest BCUT2D eigenvalue weighted by Crippen LogP contribution is -2.36. The summed E-state index contributed by atoms with van der Waals surface area (Å²) in [5, 5.41) is 6.96. The number of sulfonamides is 2. The molecule has 1 aliphatic heterocycles. The minimum atomic E-state index is -3.71. The third-order valence-electron chi connectivity index (χ3n) is 2.80. The van der Waals surface area contributed by atoms with Gasteiger partial charge in [0.25, 0.3) is 10.0 Å². The second kappa shape index (κ2) is 5.15. The Morgan fingerprint density at radius 3 is 2.74 bits per heavy atom. The summed E-state index contributed by atoms with van der Waals surface area (Å²) in [6.45, 7) is 0.594. The molecule has 108 valence electrons. The molecule has 11 heteroatoms. The van der Waals surface area contributed by atoms with Crippen LogP contribution in [0.25, 0.3) is 0 Å². The van der Waals surface area contributed by atoms with E-state index in [0.29, 0.717) is 13.0 Å². The fourth-order valence-electron chi connectivity index (χ4n) is 1.84. The van der Waals surface area contributed by atoms with Crippen LogP contribution < -0.4 is 4.72 Å². The van der Waals surface area contributed by atoms with Gasteiger partial charge in [0.05, 0.1) is 11.9 Å². The zero-order valence-electron chi connectivity index (χ0n) is 10.4. The van der Waals surface area contributed by atoms with E-state index in [0.717, 1.165) is 10.9 Å². The van der Waals surface area contributed by atoms with Crippen LogP contribution in [0.15, 0.2) is 11.2 Å². The van der Waals surface area contributed by atoms with Crippen LogP contribution in [0.1, 0.15) is 6.42 Å². The Kier molecular flexibility index (Phi) is 3.90. The summed E-state index contributed by atoms with van der Waals surface area (Å²) in [7, 11) is -5.44. The van der Waals surface area contributed by atoms with Crippen molar-refractivity contribution in [1.29, 1.82) is 0 Å². The van der Waals surface area contributed by atoms with Gasteiger partial charge in [-0.05, 0) is 6.42 Å². The van der Waals surface area contributed by atoms with E-state index in [1.807, 2.05) is 0 Å². The second-order valence-electron chi connectivity index (χ2n) is 4.16. The molecule has 2 rings (SSSR count). The highest BCUT2D eigenvalue weighted by Crippen LogP contribution is 2.12. The van der Waals surface area contributed by atoms with Crippen molar-refractivity contribution >= 4 is 20.0 Å². The summed E-state index contributed by atoms with van der Waals surface area (Å²) in [5.41, 5.74) is 0. The molecular formula is C8H15N5O4S2. The molecule has 1 aromatic rings. The first-order chi connectivity index (χ1) is 8.83. The van der Waals surface area contributed by atoms with Crippen molar-refractivity contribution < 1.29 is 16.8 Å². The van der Waals surface area contributed by atoms with E-state index >= 15 is 0 Å². The summed E-state index contributed by atoms with van der Waals surface area (Å²) in [4.78, 5) is 0. The number of hydrogen-bond acceptors (Lipinski definition) is 6. The molecule has 1 aromatic heterocycles. The van der Waals surface area contributed by atoms with E-state index in [2.05, 4.69) is 15.0 Å². The lowest BCUT2D eigenvalue weighted by Gasteiger charge is -2.14. The second-order valence-corrected chi connectivity index (χ2v) is 7.96. The number of rotatable bonds is 5. The fourth-order valence-corrected chi connectivity index (χ4v) is 4.45. The Morgan fingerprint density at radius 1 is 1.47 bits per heavy atom. The molecule has 0 atom stereocenters. The van der Waals surface area contributed by atoms with Crippen molar-refractivity contribution in [1.82, 2.24) is 24.0 Å². The third kappa shape index (κ3) is 3.11. The SMILES string of the molecule is Cn1nncc1S(=O)(=O)NCCN1CCCS1(=O)=O. The Bertz CT molecular complexity index is 650. The highest BCUT2D eigenvalue weighted by atomic mass is 32.2. The standard InChI is InChI=1S/C8H15N5O4S2/c1-12-8(7-9-11-12)19(16,17)10-3-5-13-4-2-6-18(13,14)15/h7,10H,2-6H2,1H3. The summed E-state index contributed by atoms with van der Waals surface area (Å²) < 4.78 is 51.5. The van der Waals surface area contributed by atoms with Crippen LogP contribution in [-0.4, -0.2) is 61.5 Å². The predicted octanol–water partition coefficient (Wildman–Crippen LogP) is -1.87. The summed E-state index contributed by atoms with van der Waals surface area (Å²) in [6, 6.07) is 0. The average Bonchev–Trinajstić information content (AvgIpc) is 2.86. The molecule has 0 spiro atoms. The van der Waals surface area contributed by atoms with E-state index in [1.54, 1.807) is 0 Å². The van der Waals surface area contributed by atoms with Crippen molar-refractivity contribution in [2.75, 3.05) is 25.4 Å². The van der Waals surface area contributed by atoms with Crippen LogP contribution in [-0.2, 0) is 27.1 Å². The smallest absolute Gasteiger partial charge is 0.236 e. The van der Waals surface area contributed by atoms with E-state index in [-0.39, 0.29) is 23.9 Å². The van der Waals surface area contributed by atoms with Gasteiger partial charge < -0.3 is 0 Å². The molecule has 1 saturated heterocycles. The van der Waals surface area contributed by atoms with Crippen LogP contribution in [0.5, 0.6) is 0 Å². The van der Waals surface area contributed by atoms with Gasteiger partial charge in [0, 0.05) is 26.7 Å². The van der Waals surface area contributed by atoms with E-state index in [9.17, 15) is 16.8 Å². The molecule has 1 N–H and O–H groups in total. The summed E-state index contributed by atoms with van der Waals surface area (Å²) >= 11 is 0. The molecule has 19 heavy (non-hydrogen) atoms. The maximum absolute atomic E-state index is 11.9. The van der Waals surface area contributed by atoms with Crippen molar-refractivity contribution in [3.8, 4) is 0 Å². The summed E-state index contributed by atoms with van der Waals surface area (Å²) in [6.07, 6.45) is 1.72. The number of aromatic nitrogens is 3. The predicted molar refractivity (Wildman–Crippen MR) is 66.2 cm³/mol. The molecule has 0 aromatic carbocycles. The average molecular weight is 309 g/mol. The van der Waals surface area contributed by atoms with E-state index in [4.69, 9.17) is 0 Å². The van der Waals surface area contributed by atoms with Crippen molar-refractivity contribution in [2.24, 2.45) is 7.05 Å². The highest BCUT2D eigenvalue weighted by molar-refractivity contribution is 7.89. The topological polar surface area (TPSA) is 114 Å². The number of nitrogens with zero attached hydrogens (tertiary/aromatic N) is 4. The third-order valence-corrected chi connectivity index (χ3v) is 6.27. The van der Waals surface area contributed by atoms with Crippen LogP contribution in [0.4, 0.5) is 0 Å². The maximum Gasteiger partial charge on any atom is 0.259 e. The van der Waals surface area contributed by atoms with Crippen LogP contribution >= 0.6 is 0 Å². The van der Waals surface area contributed by atoms with Gasteiger partial charge in [-0.1, -0.05) is 5.21 Å². The largest absolute Gasteiger partial charge is 0.259 e. The maximum atomic E-state index is 11.9. The Hall–Kier alpha value is -1.04. The van der Waals surface area contributed by atoms with Crippen LogP contribution in [0.3, 0.4) is 0 Å². The van der Waals surface area contributed by atoms with E-state index < -0.39 is 20.0 Å². The van der Waals surface area contributed by atoms with Crippen molar-refractivity contribution in [3.63, 3.8) is 0 Å². The first-order valence-electron chi connectivity index (χ1n) is 5.65. The minimum Gasteiger partial charge on any atom is -0.236 e. The van der Waals surface area contributed by atoms with Gasteiger partial charge in [-0.15, -0.1) is 5.10 Å². The molecular weight excluding hydrogens is 294 g/mol. The van der Waals surface area contributed by atoms with Crippen molar-refractivity contribution in [3.05, 3.63) is 6.20 Å². The molecule has 0 aliphatic carbocycles. The van der Waals surface area contributed by atoms with Crippen LogP contribution in [0.2, 0.25) is 0 Å². The van der Waals surface area contributed by atoms with Gasteiger partial charge in [-0.2, -0.15) is 0 Å². The van der Waals surface area contributed by atoms with Gasteiger partial charge in [0.1, 0.15) is 0 Å². The Labute approximate surface area is 111 Å². The molecule has 1 aliphatic rings. The Morgan fingerprint density at radius 2 is 2.21 bits per heavy atom. The van der Waals surface area contributed by atoms with Gasteiger partial charge in [0.15, 0.2) is 5.03 Å². The van der Waals surface area contributed by atoms with Crippen molar-refractivity contribution in [2.45, 2.75) is 11.4 Å². The van der Waals surface area contributed by atoms with Gasteiger partial charge >= 0.3 is 0 Å². The molecule has 1 fully saturated rings. The molecule has 9 nitrogen and oxygen atoms in total. The van der Waals surface area contributed by atoms with Crippen LogP contribution in [0, 0.1) is 0 Å². The zero-order valence-corrected chi connectivity index (χ0v) is 12.0. The summed E-state index contributed by atoms with van der Waals surface area (Å²) in [5.74, 6) is 0.130. The molecule has 0 unspecified atom stereocenters. The van der Waals surface area contributed by atoms with E-state index in [1.165, 1.54) is 11.4 Å².